The van der Waals surface area contributed by atoms with Crippen molar-refractivity contribution in [2.24, 2.45) is 0 Å². The van der Waals surface area contributed by atoms with Gasteiger partial charge >= 0.3 is 12.2 Å². The van der Waals surface area contributed by atoms with Gasteiger partial charge in [-0.1, -0.05) is 30.3 Å². The molecular weight excluding hydrogens is 362 g/mol. The van der Waals surface area contributed by atoms with Crippen LogP contribution in [0.15, 0.2) is 30.3 Å². The van der Waals surface area contributed by atoms with E-state index in [9.17, 15) is 19.5 Å². The Bertz CT molecular complexity index is 705. The molecule has 2 aliphatic heterocycles. The predicted molar refractivity (Wildman–Crippen MR) is 102 cm³/mol. The summed E-state index contributed by atoms with van der Waals surface area (Å²) in [5.74, 6) is -0.200. The fraction of sp³-hybridized carbons (Fsp3) is 0.550. The number of benzene rings is 1. The number of hydrogen-bond acceptors (Lipinski definition) is 4. The highest BCUT2D eigenvalue weighted by molar-refractivity contribution is 5.87. The zero-order chi connectivity index (χ0) is 20.1. The second kappa shape index (κ2) is 8.95. The summed E-state index contributed by atoms with van der Waals surface area (Å²) in [4.78, 5) is 41.8. The van der Waals surface area contributed by atoms with Gasteiger partial charge in [-0.05, 0) is 31.7 Å². The van der Waals surface area contributed by atoms with Gasteiger partial charge in [0.1, 0.15) is 12.6 Å². The molecule has 3 rings (SSSR count). The van der Waals surface area contributed by atoms with Crippen LogP contribution in [0.4, 0.5) is 9.59 Å². The normalized spacial score (nSPS) is 22.7. The number of carbonyl (C=O) groups excluding carboxylic acids is 2. The zero-order valence-electron chi connectivity index (χ0n) is 16.1. The highest BCUT2D eigenvalue weighted by atomic mass is 16.6. The van der Waals surface area contributed by atoms with Gasteiger partial charge in [0.05, 0.1) is 12.6 Å². The summed E-state index contributed by atoms with van der Waals surface area (Å²) < 4.78 is 5.43. The Morgan fingerprint density at radius 3 is 2.36 bits per heavy atom. The summed E-state index contributed by atoms with van der Waals surface area (Å²) >= 11 is 0. The minimum absolute atomic E-state index is 0.0354. The molecule has 2 fully saturated rings. The molecule has 152 valence electrons. The number of ether oxygens (including phenoxy) is 1. The highest BCUT2D eigenvalue weighted by Gasteiger charge is 2.42. The summed E-state index contributed by atoms with van der Waals surface area (Å²) in [6.45, 7) is 3.22. The van der Waals surface area contributed by atoms with E-state index in [0.29, 0.717) is 13.1 Å². The van der Waals surface area contributed by atoms with Crippen LogP contribution in [0.25, 0.3) is 0 Å². The number of nitrogens with zero attached hydrogens (tertiary/aromatic N) is 3. The van der Waals surface area contributed by atoms with Gasteiger partial charge in [-0.3, -0.25) is 9.69 Å². The lowest BCUT2D eigenvalue weighted by molar-refractivity contribution is -0.140. The van der Waals surface area contributed by atoms with Crippen LogP contribution in [0.5, 0.6) is 0 Å². The van der Waals surface area contributed by atoms with Crippen LogP contribution >= 0.6 is 0 Å². The van der Waals surface area contributed by atoms with E-state index in [1.165, 1.54) is 9.80 Å². The minimum Gasteiger partial charge on any atom is -0.465 e. The largest absolute Gasteiger partial charge is 0.465 e. The molecular formula is C20H27N3O5. The van der Waals surface area contributed by atoms with E-state index in [4.69, 9.17) is 4.74 Å². The maximum Gasteiger partial charge on any atom is 0.410 e. The first-order chi connectivity index (χ1) is 13.5. The molecule has 2 heterocycles. The number of piperidine rings is 1. The number of hydrogen-bond donors (Lipinski definition) is 1. The average Bonchev–Trinajstić information content (AvgIpc) is 2.72. The smallest absolute Gasteiger partial charge is 0.410 e. The number of amides is 3. The fourth-order valence-corrected chi connectivity index (χ4v) is 3.78. The van der Waals surface area contributed by atoms with E-state index in [0.717, 1.165) is 24.8 Å². The molecule has 1 aromatic carbocycles. The molecule has 2 saturated heterocycles. The Morgan fingerprint density at radius 1 is 1.04 bits per heavy atom. The van der Waals surface area contributed by atoms with Crippen LogP contribution in [-0.4, -0.2) is 76.2 Å². The van der Waals surface area contributed by atoms with Crippen molar-refractivity contribution in [2.45, 2.75) is 44.9 Å². The first kappa shape index (κ1) is 20.0. The van der Waals surface area contributed by atoms with Crippen LogP contribution in [0.1, 0.15) is 31.7 Å². The van der Waals surface area contributed by atoms with Crippen molar-refractivity contribution >= 4 is 18.1 Å². The zero-order valence-corrected chi connectivity index (χ0v) is 16.1. The molecule has 2 aliphatic rings. The maximum absolute atomic E-state index is 13.1. The van der Waals surface area contributed by atoms with E-state index in [2.05, 4.69) is 0 Å². The Hall–Kier alpha value is -2.77. The van der Waals surface area contributed by atoms with Crippen molar-refractivity contribution in [3.63, 3.8) is 0 Å². The summed E-state index contributed by atoms with van der Waals surface area (Å²) in [6.07, 6.45) is 1.26. The molecule has 0 unspecified atom stereocenters. The van der Waals surface area contributed by atoms with Gasteiger partial charge in [0.2, 0.25) is 5.91 Å². The van der Waals surface area contributed by atoms with Gasteiger partial charge < -0.3 is 19.6 Å². The van der Waals surface area contributed by atoms with E-state index < -0.39 is 24.3 Å². The maximum atomic E-state index is 13.1. The molecule has 1 aromatic rings. The lowest BCUT2D eigenvalue weighted by atomic mass is 10.0. The van der Waals surface area contributed by atoms with Crippen LogP contribution in [0.3, 0.4) is 0 Å². The minimum atomic E-state index is -1.08. The topological polar surface area (TPSA) is 90.4 Å². The third-order valence-corrected chi connectivity index (χ3v) is 5.38. The van der Waals surface area contributed by atoms with Gasteiger partial charge in [0, 0.05) is 19.6 Å². The van der Waals surface area contributed by atoms with Gasteiger partial charge in [0.15, 0.2) is 0 Å². The van der Waals surface area contributed by atoms with Gasteiger partial charge in [-0.25, -0.2) is 9.59 Å². The Balaban J connectivity index is 1.73. The van der Waals surface area contributed by atoms with Crippen molar-refractivity contribution in [1.29, 1.82) is 0 Å². The Morgan fingerprint density at radius 2 is 1.71 bits per heavy atom. The fourth-order valence-electron chi connectivity index (χ4n) is 3.78. The molecule has 8 heteroatoms. The van der Waals surface area contributed by atoms with Gasteiger partial charge in [-0.2, -0.15) is 0 Å². The molecule has 1 N–H and O–H groups in total. The number of carboxylic acid groups (broad SMARTS) is 1. The second-order valence-corrected chi connectivity index (χ2v) is 7.38. The Kier molecular flexibility index (Phi) is 6.38. The van der Waals surface area contributed by atoms with Crippen molar-refractivity contribution in [1.82, 2.24) is 14.7 Å². The summed E-state index contributed by atoms with van der Waals surface area (Å²) in [6, 6.07) is 8.05. The van der Waals surface area contributed by atoms with Crippen LogP contribution in [0, 0.1) is 0 Å². The second-order valence-electron chi connectivity index (χ2n) is 7.38. The number of rotatable bonds is 3. The van der Waals surface area contributed by atoms with E-state index in [1.807, 2.05) is 30.3 Å². The van der Waals surface area contributed by atoms with Crippen LogP contribution in [0.2, 0.25) is 0 Å². The summed E-state index contributed by atoms with van der Waals surface area (Å²) in [7, 11) is 0. The SMILES string of the molecule is C[C@@H]1CN(C(=O)OCc2ccccc2)[C@@H](C(=O)N2CCCCC2)CN1C(=O)O. The lowest BCUT2D eigenvalue weighted by Crippen LogP contribution is -2.65. The quantitative estimate of drug-likeness (QED) is 0.857. The molecule has 0 aliphatic carbocycles. The molecule has 3 amide bonds. The lowest BCUT2D eigenvalue weighted by Gasteiger charge is -2.44. The number of carbonyl (C=O) groups is 3. The third kappa shape index (κ3) is 4.55. The van der Waals surface area contributed by atoms with E-state index in [1.54, 1.807) is 11.8 Å². The Labute approximate surface area is 164 Å². The summed E-state index contributed by atoms with van der Waals surface area (Å²) in [5.41, 5.74) is 0.854. The van der Waals surface area contributed by atoms with Crippen molar-refractivity contribution < 1.29 is 24.2 Å². The first-order valence-electron chi connectivity index (χ1n) is 9.73. The third-order valence-electron chi connectivity index (χ3n) is 5.38. The average molecular weight is 389 g/mol. The van der Waals surface area contributed by atoms with Crippen molar-refractivity contribution in [3.05, 3.63) is 35.9 Å². The standard InChI is InChI=1S/C20H27N3O5/c1-15-12-23(20(27)28-14-16-8-4-2-5-9-16)17(13-22(15)19(25)26)18(24)21-10-6-3-7-11-21/h2,4-5,8-9,15,17H,3,6-7,10-14H2,1H3,(H,25,26)/t15-,17-/m1/s1. The van der Waals surface area contributed by atoms with Crippen molar-refractivity contribution in [2.75, 3.05) is 26.2 Å². The van der Waals surface area contributed by atoms with Crippen LogP contribution < -0.4 is 0 Å². The summed E-state index contributed by atoms with van der Waals surface area (Å²) in [5, 5.41) is 9.46. The molecule has 28 heavy (non-hydrogen) atoms. The molecule has 0 spiro atoms. The monoisotopic (exact) mass is 389 g/mol. The number of piperazine rings is 1. The molecule has 0 aromatic heterocycles. The first-order valence-corrected chi connectivity index (χ1v) is 9.73. The van der Waals surface area contributed by atoms with Gasteiger partial charge in [0.25, 0.3) is 0 Å². The molecule has 8 nitrogen and oxygen atoms in total. The van der Waals surface area contributed by atoms with E-state index in [-0.39, 0.29) is 25.6 Å². The highest BCUT2D eigenvalue weighted by Crippen LogP contribution is 2.21. The van der Waals surface area contributed by atoms with Crippen LogP contribution in [-0.2, 0) is 16.1 Å². The molecule has 2 atom stereocenters. The predicted octanol–water partition coefficient (Wildman–Crippen LogP) is 2.39. The van der Waals surface area contributed by atoms with E-state index >= 15 is 0 Å². The van der Waals surface area contributed by atoms with Gasteiger partial charge in [-0.15, -0.1) is 0 Å². The molecule has 0 saturated carbocycles. The number of likely N-dealkylation sites (tertiary alicyclic amines) is 1. The molecule has 0 bridgehead atoms. The molecule has 0 radical (unpaired) electrons. The van der Waals surface area contributed by atoms with Crippen molar-refractivity contribution in [3.8, 4) is 0 Å².